The number of benzene rings is 2. The Balaban J connectivity index is 2.07. The van der Waals surface area contributed by atoms with Gasteiger partial charge in [0.05, 0.1) is 0 Å². The van der Waals surface area contributed by atoms with E-state index in [0.717, 1.165) is 11.1 Å². The second kappa shape index (κ2) is 5.49. The Kier molecular flexibility index (Phi) is 3.96. The van der Waals surface area contributed by atoms with Crippen molar-refractivity contribution >= 4 is 0 Å². The Hall–Kier alpha value is -1.74. The van der Waals surface area contributed by atoms with Gasteiger partial charge in [0.25, 0.3) is 0 Å². The quantitative estimate of drug-likeness (QED) is 0.896. The molecule has 100 valence electrons. The van der Waals surface area contributed by atoms with Gasteiger partial charge in [-0.2, -0.15) is 0 Å². The molecular formula is C16H17F2N. The van der Waals surface area contributed by atoms with E-state index in [0.29, 0.717) is 12.8 Å². The van der Waals surface area contributed by atoms with Crippen LogP contribution in [-0.2, 0) is 12.8 Å². The summed E-state index contributed by atoms with van der Waals surface area (Å²) < 4.78 is 26.0. The minimum atomic E-state index is -0.494. The first-order valence-electron chi connectivity index (χ1n) is 6.22. The molecule has 0 aromatic heterocycles. The molecule has 0 heterocycles. The lowest BCUT2D eigenvalue weighted by Gasteiger charge is -2.25. The molecule has 2 aromatic carbocycles. The van der Waals surface area contributed by atoms with Crippen LogP contribution < -0.4 is 5.73 Å². The topological polar surface area (TPSA) is 26.0 Å². The van der Waals surface area contributed by atoms with Crippen LogP contribution in [0.4, 0.5) is 8.78 Å². The first-order valence-corrected chi connectivity index (χ1v) is 6.22. The van der Waals surface area contributed by atoms with Crippen molar-refractivity contribution in [3.8, 4) is 0 Å². The molecule has 1 unspecified atom stereocenters. The third-order valence-corrected chi connectivity index (χ3v) is 3.02. The summed E-state index contributed by atoms with van der Waals surface area (Å²) in [5.74, 6) is -0.511. The molecule has 0 fully saturated rings. The van der Waals surface area contributed by atoms with Gasteiger partial charge in [0, 0.05) is 5.54 Å². The second-order valence-corrected chi connectivity index (χ2v) is 5.26. The van der Waals surface area contributed by atoms with Gasteiger partial charge in [0.15, 0.2) is 0 Å². The number of hydrogen-bond donors (Lipinski definition) is 1. The van der Waals surface area contributed by atoms with Crippen LogP contribution in [0.1, 0.15) is 18.1 Å². The highest BCUT2D eigenvalue weighted by Gasteiger charge is 2.20. The maximum atomic E-state index is 13.1. The number of rotatable bonds is 4. The highest BCUT2D eigenvalue weighted by molar-refractivity contribution is 5.22. The molecule has 3 heteroatoms. The SMILES string of the molecule is CC(N)(Cc1ccc(F)cc1)Cc1cccc(F)c1. The summed E-state index contributed by atoms with van der Waals surface area (Å²) in [5, 5.41) is 0. The van der Waals surface area contributed by atoms with Gasteiger partial charge >= 0.3 is 0 Å². The zero-order valence-corrected chi connectivity index (χ0v) is 10.9. The van der Waals surface area contributed by atoms with Gasteiger partial charge in [-0.25, -0.2) is 8.78 Å². The molecule has 0 spiro atoms. The van der Waals surface area contributed by atoms with Crippen LogP contribution in [0.25, 0.3) is 0 Å². The average Bonchev–Trinajstić information content (AvgIpc) is 2.31. The minimum absolute atomic E-state index is 0.255. The van der Waals surface area contributed by atoms with Crippen molar-refractivity contribution < 1.29 is 8.78 Å². The van der Waals surface area contributed by atoms with E-state index in [4.69, 9.17) is 5.73 Å². The molecule has 0 saturated carbocycles. The molecule has 1 nitrogen and oxygen atoms in total. The summed E-state index contributed by atoms with van der Waals surface area (Å²) >= 11 is 0. The second-order valence-electron chi connectivity index (χ2n) is 5.26. The highest BCUT2D eigenvalue weighted by Crippen LogP contribution is 2.17. The van der Waals surface area contributed by atoms with Gasteiger partial charge < -0.3 is 5.73 Å². The molecule has 1 atom stereocenters. The van der Waals surface area contributed by atoms with Gasteiger partial charge in [-0.1, -0.05) is 24.3 Å². The van der Waals surface area contributed by atoms with E-state index in [1.54, 1.807) is 18.2 Å². The minimum Gasteiger partial charge on any atom is -0.325 e. The van der Waals surface area contributed by atoms with Crippen molar-refractivity contribution in [1.82, 2.24) is 0 Å². The molecule has 0 aliphatic heterocycles. The normalized spacial score (nSPS) is 14.1. The van der Waals surface area contributed by atoms with Crippen molar-refractivity contribution in [3.05, 3.63) is 71.3 Å². The van der Waals surface area contributed by atoms with Crippen molar-refractivity contribution in [2.45, 2.75) is 25.3 Å². The van der Waals surface area contributed by atoms with Crippen LogP contribution in [0.15, 0.2) is 48.5 Å². The largest absolute Gasteiger partial charge is 0.325 e. The lowest BCUT2D eigenvalue weighted by atomic mass is 9.87. The van der Waals surface area contributed by atoms with E-state index in [1.807, 2.05) is 13.0 Å². The van der Waals surface area contributed by atoms with Crippen LogP contribution in [0.3, 0.4) is 0 Å². The predicted octanol–water partition coefficient (Wildman–Crippen LogP) is 3.47. The van der Waals surface area contributed by atoms with Crippen molar-refractivity contribution in [3.63, 3.8) is 0 Å². The fraction of sp³-hybridized carbons (Fsp3) is 0.250. The van der Waals surface area contributed by atoms with E-state index >= 15 is 0 Å². The van der Waals surface area contributed by atoms with Gasteiger partial charge in [0.1, 0.15) is 11.6 Å². The molecule has 0 aliphatic carbocycles. The van der Waals surface area contributed by atoms with Gasteiger partial charge in [-0.15, -0.1) is 0 Å². The Morgan fingerprint density at radius 1 is 0.895 bits per heavy atom. The molecule has 2 aromatic rings. The Morgan fingerprint density at radius 2 is 1.53 bits per heavy atom. The van der Waals surface area contributed by atoms with Gasteiger partial charge in [-0.3, -0.25) is 0 Å². The maximum Gasteiger partial charge on any atom is 0.123 e. The molecule has 0 radical (unpaired) electrons. The number of halogens is 2. The summed E-state index contributed by atoms with van der Waals surface area (Å²) in [6.07, 6.45) is 1.19. The Morgan fingerprint density at radius 3 is 2.16 bits per heavy atom. The zero-order chi connectivity index (χ0) is 13.9. The highest BCUT2D eigenvalue weighted by atomic mass is 19.1. The average molecular weight is 261 g/mol. The predicted molar refractivity (Wildman–Crippen MR) is 72.8 cm³/mol. The van der Waals surface area contributed by atoms with Crippen LogP contribution in [0.5, 0.6) is 0 Å². The molecule has 2 N–H and O–H groups in total. The summed E-state index contributed by atoms with van der Waals surface area (Å²) in [6, 6.07) is 12.8. The maximum absolute atomic E-state index is 13.1. The van der Waals surface area contributed by atoms with E-state index in [-0.39, 0.29) is 11.6 Å². The summed E-state index contributed by atoms with van der Waals surface area (Å²) in [6.45, 7) is 1.92. The third kappa shape index (κ3) is 4.14. The van der Waals surface area contributed by atoms with Crippen LogP contribution in [-0.4, -0.2) is 5.54 Å². The lowest BCUT2D eigenvalue weighted by Crippen LogP contribution is -2.40. The molecule has 0 amide bonds. The third-order valence-electron chi connectivity index (χ3n) is 3.02. The summed E-state index contributed by atoms with van der Waals surface area (Å²) in [7, 11) is 0. The Bertz CT molecular complexity index is 547. The van der Waals surface area contributed by atoms with Crippen LogP contribution in [0, 0.1) is 11.6 Å². The summed E-state index contributed by atoms with van der Waals surface area (Å²) in [5.41, 5.74) is 7.60. The first-order chi connectivity index (χ1) is 8.94. The molecular weight excluding hydrogens is 244 g/mol. The number of hydrogen-bond acceptors (Lipinski definition) is 1. The van der Waals surface area contributed by atoms with Crippen LogP contribution >= 0.6 is 0 Å². The first kappa shape index (κ1) is 13.7. The van der Waals surface area contributed by atoms with Crippen molar-refractivity contribution in [2.24, 2.45) is 5.73 Å². The smallest absolute Gasteiger partial charge is 0.123 e. The Labute approximate surface area is 112 Å². The lowest BCUT2D eigenvalue weighted by molar-refractivity contribution is 0.461. The standard InChI is InChI=1S/C16H17F2N/c1-16(19,10-12-5-7-14(17)8-6-12)11-13-3-2-4-15(18)9-13/h2-9H,10-11,19H2,1H3. The van der Waals surface area contributed by atoms with E-state index in [1.165, 1.54) is 24.3 Å². The van der Waals surface area contributed by atoms with E-state index < -0.39 is 5.54 Å². The fourth-order valence-electron chi connectivity index (χ4n) is 2.24. The number of nitrogens with two attached hydrogens (primary N) is 1. The molecule has 0 saturated heterocycles. The van der Waals surface area contributed by atoms with Gasteiger partial charge in [-0.05, 0) is 55.2 Å². The van der Waals surface area contributed by atoms with Crippen molar-refractivity contribution in [2.75, 3.05) is 0 Å². The van der Waals surface area contributed by atoms with E-state index in [2.05, 4.69) is 0 Å². The molecule has 2 rings (SSSR count). The molecule has 0 bridgehead atoms. The van der Waals surface area contributed by atoms with Gasteiger partial charge in [0.2, 0.25) is 0 Å². The monoisotopic (exact) mass is 261 g/mol. The van der Waals surface area contributed by atoms with E-state index in [9.17, 15) is 8.78 Å². The van der Waals surface area contributed by atoms with Crippen molar-refractivity contribution in [1.29, 1.82) is 0 Å². The molecule has 0 aliphatic rings. The zero-order valence-electron chi connectivity index (χ0n) is 10.9. The molecule has 19 heavy (non-hydrogen) atoms. The fourth-order valence-corrected chi connectivity index (χ4v) is 2.24. The summed E-state index contributed by atoms with van der Waals surface area (Å²) in [4.78, 5) is 0. The van der Waals surface area contributed by atoms with Crippen LogP contribution in [0.2, 0.25) is 0 Å².